The van der Waals surface area contributed by atoms with Crippen LogP contribution in [0.15, 0.2) is 60.3 Å². The summed E-state index contributed by atoms with van der Waals surface area (Å²) >= 11 is 1.62. The van der Waals surface area contributed by atoms with Crippen molar-refractivity contribution in [2.75, 3.05) is 12.3 Å². The molecule has 114 valence electrons. The monoisotopic (exact) mass is 332 g/mol. The van der Waals surface area contributed by atoms with Crippen molar-refractivity contribution in [3.63, 3.8) is 0 Å². The van der Waals surface area contributed by atoms with Crippen LogP contribution in [-0.2, 0) is 10.0 Å². The van der Waals surface area contributed by atoms with Crippen LogP contribution in [0.5, 0.6) is 0 Å². The lowest BCUT2D eigenvalue weighted by molar-refractivity contribution is 0.441. The Hall–Kier alpha value is -1.63. The van der Waals surface area contributed by atoms with Crippen molar-refractivity contribution in [1.29, 1.82) is 0 Å². The standard InChI is InChI=1S/C16H16N2O2S2/c19-22(20,12-8-14-5-2-1-3-6-14)18-10-11-21-16(18)15-7-4-9-17-13-15/h1-9,12-13,16H,10-11H2/b12-8+. The molecule has 1 aliphatic heterocycles. The molecule has 0 radical (unpaired) electrons. The van der Waals surface area contributed by atoms with Gasteiger partial charge >= 0.3 is 0 Å². The van der Waals surface area contributed by atoms with E-state index in [0.717, 1.165) is 16.9 Å². The Labute approximate surface area is 134 Å². The van der Waals surface area contributed by atoms with E-state index in [2.05, 4.69) is 4.98 Å². The quantitative estimate of drug-likeness (QED) is 0.863. The average Bonchev–Trinajstić information content (AvgIpc) is 3.06. The zero-order chi connectivity index (χ0) is 15.4. The molecule has 3 rings (SSSR count). The number of hydrogen-bond acceptors (Lipinski definition) is 4. The molecule has 0 aliphatic carbocycles. The number of pyridine rings is 1. The summed E-state index contributed by atoms with van der Waals surface area (Å²) in [5.74, 6) is 0.790. The van der Waals surface area contributed by atoms with E-state index >= 15 is 0 Å². The van der Waals surface area contributed by atoms with Crippen molar-refractivity contribution in [1.82, 2.24) is 9.29 Å². The first-order chi connectivity index (χ1) is 10.7. The maximum atomic E-state index is 12.6. The summed E-state index contributed by atoms with van der Waals surface area (Å²) in [7, 11) is -3.45. The lowest BCUT2D eigenvalue weighted by Crippen LogP contribution is -2.28. The summed E-state index contributed by atoms with van der Waals surface area (Å²) in [5.41, 5.74) is 1.79. The van der Waals surface area contributed by atoms with E-state index < -0.39 is 10.0 Å². The fourth-order valence-corrected chi connectivity index (χ4v) is 5.31. The van der Waals surface area contributed by atoms with Crippen molar-refractivity contribution < 1.29 is 8.42 Å². The highest BCUT2D eigenvalue weighted by Gasteiger charge is 2.34. The van der Waals surface area contributed by atoms with E-state index in [1.807, 2.05) is 42.5 Å². The van der Waals surface area contributed by atoms with Crippen molar-refractivity contribution in [3.05, 3.63) is 71.4 Å². The molecule has 0 amide bonds. The third kappa shape index (κ3) is 3.40. The summed E-state index contributed by atoms with van der Waals surface area (Å²) in [4.78, 5) is 4.09. The molecule has 1 atom stereocenters. The molecular weight excluding hydrogens is 316 g/mol. The van der Waals surface area contributed by atoms with Crippen LogP contribution in [0.1, 0.15) is 16.5 Å². The second kappa shape index (κ2) is 6.64. The molecule has 2 aromatic rings. The van der Waals surface area contributed by atoms with Crippen LogP contribution >= 0.6 is 11.8 Å². The van der Waals surface area contributed by atoms with Gasteiger partial charge in [-0.2, -0.15) is 4.31 Å². The number of benzene rings is 1. The van der Waals surface area contributed by atoms with E-state index in [1.54, 1.807) is 30.2 Å². The molecule has 1 aliphatic rings. The van der Waals surface area contributed by atoms with Crippen LogP contribution in [0, 0.1) is 0 Å². The molecule has 4 nitrogen and oxygen atoms in total. The van der Waals surface area contributed by atoms with Crippen molar-refractivity contribution in [2.24, 2.45) is 0 Å². The molecule has 1 aromatic heterocycles. The largest absolute Gasteiger partial charge is 0.264 e. The number of thioether (sulfide) groups is 1. The predicted molar refractivity (Wildman–Crippen MR) is 90.5 cm³/mol. The molecule has 1 saturated heterocycles. The van der Waals surface area contributed by atoms with Gasteiger partial charge in [0.25, 0.3) is 0 Å². The number of rotatable bonds is 4. The van der Waals surface area contributed by atoms with Crippen molar-refractivity contribution in [2.45, 2.75) is 5.37 Å². The normalized spacial score (nSPS) is 19.7. The Morgan fingerprint density at radius 1 is 1.18 bits per heavy atom. The van der Waals surface area contributed by atoms with E-state index in [4.69, 9.17) is 0 Å². The van der Waals surface area contributed by atoms with Gasteiger partial charge in [0.1, 0.15) is 0 Å². The Morgan fingerprint density at radius 3 is 2.73 bits per heavy atom. The molecule has 1 aromatic carbocycles. The predicted octanol–water partition coefficient (Wildman–Crippen LogP) is 3.13. The smallest absolute Gasteiger partial charge is 0.237 e. The minimum absolute atomic E-state index is 0.195. The molecule has 0 spiro atoms. The molecule has 6 heteroatoms. The number of hydrogen-bond donors (Lipinski definition) is 0. The average molecular weight is 332 g/mol. The first kappa shape index (κ1) is 15.3. The van der Waals surface area contributed by atoms with Crippen LogP contribution in [0.2, 0.25) is 0 Å². The molecule has 0 N–H and O–H groups in total. The summed E-state index contributed by atoms with van der Waals surface area (Å²) in [6, 6.07) is 13.2. The maximum Gasteiger partial charge on any atom is 0.237 e. The number of nitrogens with zero attached hydrogens (tertiary/aromatic N) is 2. The Kier molecular flexibility index (Phi) is 4.61. The van der Waals surface area contributed by atoms with Crippen molar-refractivity contribution >= 4 is 27.9 Å². The molecular formula is C16H16N2O2S2. The van der Waals surface area contributed by atoms with E-state index in [1.165, 1.54) is 9.71 Å². The van der Waals surface area contributed by atoms with Gasteiger partial charge in [-0.15, -0.1) is 11.8 Å². The van der Waals surface area contributed by atoms with E-state index in [-0.39, 0.29) is 5.37 Å². The zero-order valence-electron chi connectivity index (χ0n) is 11.9. The second-order valence-electron chi connectivity index (χ2n) is 4.88. The minimum Gasteiger partial charge on any atom is -0.264 e. The third-order valence-corrected chi connectivity index (χ3v) is 6.30. The van der Waals surface area contributed by atoms with E-state index in [0.29, 0.717) is 6.54 Å². The van der Waals surface area contributed by atoms with Gasteiger partial charge < -0.3 is 0 Å². The van der Waals surface area contributed by atoms with Crippen LogP contribution in [0.3, 0.4) is 0 Å². The van der Waals surface area contributed by atoms with Crippen molar-refractivity contribution in [3.8, 4) is 0 Å². The molecule has 1 unspecified atom stereocenters. The maximum absolute atomic E-state index is 12.6. The highest BCUT2D eigenvalue weighted by atomic mass is 32.2. The number of aromatic nitrogens is 1. The first-order valence-corrected chi connectivity index (χ1v) is 9.48. The Balaban J connectivity index is 1.84. The van der Waals surface area contributed by atoms with Crippen LogP contribution in [0.4, 0.5) is 0 Å². The second-order valence-corrected chi connectivity index (χ2v) is 7.84. The van der Waals surface area contributed by atoms with Gasteiger partial charge in [0.15, 0.2) is 0 Å². The molecule has 1 fully saturated rings. The third-order valence-electron chi connectivity index (χ3n) is 3.38. The molecule has 22 heavy (non-hydrogen) atoms. The van der Waals surface area contributed by atoms with Gasteiger partial charge in [-0.05, 0) is 23.3 Å². The van der Waals surface area contributed by atoms with Crippen LogP contribution in [-0.4, -0.2) is 30.0 Å². The zero-order valence-corrected chi connectivity index (χ0v) is 13.5. The lowest BCUT2D eigenvalue weighted by atomic mass is 10.2. The first-order valence-electron chi connectivity index (χ1n) is 6.93. The lowest BCUT2D eigenvalue weighted by Gasteiger charge is -2.21. The summed E-state index contributed by atoms with van der Waals surface area (Å²) in [6.07, 6.45) is 5.06. The fourth-order valence-electron chi connectivity index (χ4n) is 2.31. The van der Waals surface area contributed by atoms with Gasteiger partial charge in [0, 0.05) is 30.1 Å². The SMILES string of the molecule is O=S(=O)(/C=C/c1ccccc1)N1CCSC1c1cccnc1. The summed E-state index contributed by atoms with van der Waals surface area (Å²) < 4.78 is 26.7. The Bertz CT molecular complexity index is 746. The molecule has 0 bridgehead atoms. The van der Waals surface area contributed by atoms with Gasteiger partial charge in [-0.1, -0.05) is 36.4 Å². The topological polar surface area (TPSA) is 50.3 Å². The van der Waals surface area contributed by atoms with Gasteiger partial charge in [0.05, 0.1) is 5.37 Å². The summed E-state index contributed by atoms with van der Waals surface area (Å²) in [5, 5.41) is 1.09. The van der Waals surface area contributed by atoms with Crippen LogP contribution in [0.25, 0.3) is 6.08 Å². The van der Waals surface area contributed by atoms with Gasteiger partial charge in [-0.3, -0.25) is 4.98 Å². The van der Waals surface area contributed by atoms with Gasteiger partial charge in [0.2, 0.25) is 10.0 Å². The van der Waals surface area contributed by atoms with Gasteiger partial charge in [-0.25, -0.2) is 8.42 Å². The van der Waals surface area contributed by atoms with E-state index in [9.17, 15) is 8.42 Å². The van der Waals surface area contributed by atoms with Crippen LogP contribution < -0.4 is 0 Å². The highest BCUT2D eigenvalue weighted by molar-refractivity contribution is 8.01. The molecule has 0 saturated carbocycles. The number of sulfonamides is 1. The summed E-state index contributed by atoms with van der Waals surface area (Å²) in [6.45, 7) is 0.520. The Morgan fingerprint density at radius 2 is 2.00 bits per heavy atom. The fraction of sp³-hybridized carbons (Fsp3) is 0.188. The highest BCUT2D eigenvalue weighted by Crippen LogP contribution is 2.39. The minimum atomic E-state index is -3.45. The molecule has 2 heterocycles.